The van der Waals surface area contributed by atoms with E-state index in [4.69, 9.17) is 21.7 Å². The van der Waals surface area contributed by atoms with Crippen LogP contribution in [0.15, 0.2) is 36.4 Å². The second-order valence-corrected chi connectivity index (χ2v) is 6.80. The molecule has 0 atom stereocenters. The summed E-state index contributed by atoms with van der Waals surface area (Å²) >= 11 is 5.13. The summed E-state index contributed by atoms with van der Waals surface area (Å²) in [5.41, 5.74) is 5.72. The molecular weight excluding hydrogens is 330 g/mol. The Balaban J connectivity index is 2.23. The first kappa shape index (κ1) is 19.3. The van der Waals surface area contributed by atoms with E-state index in [-0.39, 0.29) is 0 Å². The fourth-order valence-corrected chi connectivity index (χ4v) is 2.73. The molecule has 2 aromatic rings. The molecule has 0 amide bonds. The van der Waals surface area contributed by atoms with Crippen molar-refractivity contribution < 1.29 is 9.47 Å². The highest BCUT2D eigenvalue weighted by Gasteiger charge is 2.10. The van der Waals surface area contributed by atoms with Crippen LogP contribution in [0.25, 0.3) is 0 Å². The predicted molar refractivity (Wildman–Crippen MR) is 109 cm³/mol. The van der Waals surface area contributed by atoms with E-state index in [1.54, 1.807) is 7.11 Å². The van der Waals surface area contributed by atoms with E-state index < -0.39 is 0 Å². The molecule has 0 spiro atoms. The molecule has 2 rings (SSSR count). The van der Waals surface area contributed by atoms with Crippen LogP contribution in [-0.2, 0) is 17.8 Å². The lowest BCUT2D eigenvalue weighted by molar-refractivity contribution is 0.304. The Morgan fingerprint density at radius 1 is 1.16 bits per heavy atom. The summed E-state index contributed by atoms with van der Waals surface area (Å²) in [4.78, 5) is 0. The summed E-state index contributed by atoms with van der Waals surface area (Å²) in [5.74, 6) is 1.36. The van der Waals surface area contributed by atoms with Crippen molar-refractivity contribution in [1.29, 1.82) is 0 Å². The fraction of sp³-hybridized carbons (Fsp3) is 0.381. The molecule has 0 unspecified atom stereocenters. The highest BCUT2D eigenvalue weighted by atomic mass is 32.1. The van der Waals surface area contributed by atoms with Gasteiger partial charge in [0.05, 0.1) is 7.11 Å². The first-order chi connectivity index (χ1) is 11.9. The van der Waals surface area contributed by atoms with E-state index in [1.807, 2.05) is 12.1 Å². The SMILES string of the molecule is CCc1ccc(OCc2cc(C(C)C)ccc2NC(=S)OC)c(C)c1. The van der Waals surface area contributed by atoms with Gasteiger partial charge in [0.15, 0.2) is 0 Å². The van der Waals surface area contributed by atoms with E-state index in [0.717, 1.165) is 29.0 Å². The second kappa shape index (κ2) is 8.86. The van der Waals surface area contributed by atoms with Crippen molar-refractivity contribution in [3.8, 4) is 5.75 Å². The Hall–Kier alpha value is -2.07. The topological polar surface area (TPSA) is 30.5 Å². The van der Waals surface area contributed by atoms with E-state index in [9.17, 15) is 0 Å². The van der Waals surface area contributed by atoms with Crippen LogP contribution in [0.3, 0.4) is 0 Å². The fourth-order valence-electron chi connectivity index (χ4n) is 2.62. The molecule has 0 fully saturated rings. The molecule has 0 bridgehead atoms. The molecule has 0 radical (unpaired) electrons. The van der Waals surface area contributed by atoms with Gasteiger partial charge < -0.3 is 14.8 Å². The van der Waals surface area contributed by atoms with Crippen molar-refractivity contribution in [1.82, 2.24) is 0 Å². The third-order valence-corrected chi connectivity index (χ3v) is 4.52. The molecule has 0 aliphatic carbocycles. The lowest BCUT2D eigenvalue weighted by atomic mass is 10.00. The highest BCUT2D eigenvalue weighted by molar-refractivity contribution is 7.80. The Bertz CT molecular complexity index is 741. The van der Waals surface area contributed by atoms with Crippen LogP contribution in [0.1, 0.15) is 48.9 Å². The maximum absolute atomic E-state index is 6.09. The average molecular weight is 358 g/mol. The van der Waals surface area contributed by atoms with E-state index in [2.05, 4.69) is 57.3 Å². The normalized spacial score (nSPS) is 10.6. The van der Waals surface area contributed by atoms with Crippen molar-refractivity contribution in [2.24, 2.45) is 0 Å². The smallest absolute Gasteiger partial charge is 0.260 e. The zero-order valence-corrected chi connectivity index (χ0v) is 16.5. The monoisotopic (exact) mass is 357 g/mol. The number of methoxy groups -OCH3 is 1. The van der Waals surface area contributed by atoms with Crippen LogP contribution in [-0.4, -0.2) is 12.3 Å². The molecule has 0 saturated carbocycles. The summed E-state index contributed by atoms with van der Waals surface area (Å²) in [5, 5.41) is 3.47. The molecule has 0 heterocycles. The van der Waals surface area contributed by atoms with Crippen LogP contribution in [0.5, 0.6) is 5.75 Å². The van der Waals surface area contributed by atoms with Crippen molar-refractivity contribution >= 4 is 23.1 Å². The van der Waals surface area contributed by atoms with Crippen molar-refractivity contribution in [3.63, 3.8) is 0 Å². The number of rotatable bonds is 6. The quantitative estimate of drug-likeness (QED) is 0.681. The van der Waals surface area contributed by atoms with Crippen molar-refractivity contribution in [3.05, 3.63) is 58.7 Å². The third kappa shape index (κ3) is 5.20. The van der Waals surface area contributed by atoms with Gasteiger partial charge in [0.2, 0.25) is 0 Å². The maximum atomic E-state index is 6.09. The van der Waals surface area contributed by atoms with Gasteiger partial charge in [-0.3, -0.25) is 0 Å². The van der Waals surface area contributed by atoms with Gasteiger partial charge in [-0.2, -0.15) is 0 Å². The van der Waals surface area contributed by atoms with E-state index in [1.165, 1.54) is 11.1 Å². The van der Waals surface area contributed by atoms with Crippen LogP contribution < -0.4 is 10.1 Å². The summed E-state index contributed by atoms with van der Waals surface area (Å²) in [6, 6.07) is 12.7. The van der Waals surface area contributed by atoms with Crippen LogP contribution in [0.2, 0.25) is 0 Å². The minimum absolute atomic E-state index is 0.349. The Kier molecular flexibility index (Phi) is 6.82. The van der Waals surface area contributed by atoms with E-state index >= 15 is 0 Å². The molecule has 0 aliphatic heterocycles. The van der Waals surface area contributed by atoms with Gasteiger partial charge in [-0.15, -0.1) is 0 Å². The van der Waals surface area contributed by atoms with Gasteiger partial charge in [-0.1, -0.05) is 45.0 Å². The summed E-state index contributed by atoms with van der Waals surface area (Å²) in [7, 11) is 1.56. The number of anilines is 1. The van der Waals surface area contributed by atoms with Gasteiger partial charge in [0.1, 0.15) is 12.4 Å². The van der Waals surface area contributed by atoms with Crippen molar-refractivity contribution in [2.45, 2.75) is 46.6 Å². The van der Waals surface area contributed by atoms with Crippen LogP contribution >= 0.6 is 12.2 Å². The predicted octanol–water partition coefficient (Wildman–Crippen LogP) is 5.60. The number of benzene rings is 2. The number of thiocarbonyl (C=S) groups is 1. The highest BCUT2D eigenvalue weighted by Crippen LogP contribution is 2.26. The molecule has 0 aromatic heterocycles. The van der Waals surface area contributed by atoms with Gasteiger partial charge in [-0.25, -0.2) is 0 Å². The molecule has 25 heavy (non-hydrogen) atoms. The summed E-state index contributed by atoms with van der Waals surface area (Å²) in [6.07, 6.45) is 1.03. The number of hydrogen-bond donors (Lipinski definition) is 1. The molecule has 0 aliphatic rings. The maximum Gasteiger partial charge on any atom is 0.260 e. The molecular formula is C21H27NO2S. The minimum Gasteiger partial charge on any atom is -0.489 e. The van der Waals surface area contributed by atoms with Crippen molar-refractivity contribution in [2.75, 3.05) is 12.4 Å². The van der Waals surface area contributed by atoms with Gasteiger partial charge in [0, 0.05) is 11.3 Å². The number of ether oxygens (including phenoxy) is 2. The molecule has 0 saturated heterocycles. The van der Waals surface area contributed by atoms with E-state index in [0.29, 0.717) is 17.7 Å². The molecule has 134 valence electrons. The van der Waals surface area contributed by atoms with Crippen LogP contribution in [0, 0.1) is 6.92 Å². The average Bonchev–Trinajstić information content (AvgIpc) is 2.61. The first-order valence-corrected chi connectivity index (χ1v) is 9.05. The molecule has 1 N–H and O–H groups in total. The van der Waals surface area contributed by atoms with Crippen LogP contribution in [0.4, 0.5) is 5.69 Å². The lowest BCUT2D eigenvalue weighted by Gasteiger charge is -2.17. The Labute approximate surface area is 156 Å². The third-order valence-electron chi connectivity index (χ3n) is 4.25. The first-order valence-electron chi connectivity index (χ1n) is 8.64. The van der Waals surface area contributed by atoms with Gasteiger partial charge in [-0.05, 0) is 60.3 Å². The van der Waals surface area contributed by atoms with Gasteiger partial charge in [0.25, 0.3) is 5.17 Å². The lowest BCUT2D eigenvalue weighted by Crippen LogP contribution is -2.13. The number of hydrogen-bond acceptors (Lipinski definition) is 3. The zero-order valence-electron chi connectivity index (χ0n) is 15.7. The number of aryl methyl sites for hydroxylation is 2. The Morgan fingerprint density at radius 2 is 1.92 bits per heavy atom. The summed E-state index contributed by atoms with van der Waals surface area (Å²) < 4.78 is 11.2. The molecule has 4 heteroatoms. The minimum atomic E-state index is 0.349. The standard InChI is InChI=1S/C21H27NO2S/c1-6-16-7-10-20(15(4)11-16)24-13-18-12-17(14(2)3)8-9-19(18)22-21(25)23-5/h7-12,14H,6,13H2,1-5H3,(H,22,25). The second-order valence-electron chi connectivity index (χ2n) is 6.43. The van der Waals surface area contributed by atoms with Gasteiger partial charge >= 0.3 is 0 Å². The largest absolute Gasteiger partial charge is 0.489 e. The summed E-state index contributed by atoms with van der Waals surface area (Å²) in [6.45, 7) is 9.07. The molecule has 3 nitrogen and oxygen atoms in total. The number of nitrogens with one attached hydrogen (secondary N) is 1. The Morgan fingerprint density at radius 3 is 2.52 bits per heavy atom. The molecule has 2 aromatic carbocycles. The zero-order chi connectivity index (χ0) is 18.4.